The van der Waals surface area contributed by atoms with Gasteiger partial charge in [0.1, 0.15) is 6.29 Å². The number of piperidine rings is 1. The summed E-state index contributed by atoms with van der Waals surface area (Å²) in [5.74, 6) is 0.146. The van der Waals surface area contributed by atoms with Crippen molar-refractivity contribution < 1.29 is 14.3 Å². The molecule has 4 heteroatoms. The summed E-state index contributed by atoms with van der Waals surface area (Å²) in [6.45, 7) is 2.24. The van der Waals surface area contributed by atoms with E-state index in [1.54, 1.807) is 0 Å². The van der Waals surface area contributed by atoms with Crippen molar-refractivity contribution in [1.82, 2.24) is 4.90 Å². The number of hydrogen-bond donors (Lipinski definition) is 0. The average molecular weight is 211 g/mol. The van der Waals surface area contributed by atoms with Gasteiger partial charge in [-0.3, -0.25) is 0 Å². The number of hydrogen-bond acceptors (Lipinski definition) is 3. The summed E-state index contributed by atoms with van der Waals surface area (Å²) in [6, 6.07) is 0.469. The van der Waals surface area contributed by atoms with E-state index in [1.807, 2.05) is 11.8 Å². The van der Waals surface area contributed by atoms with Gasteiger partial charge in [0, 0.05) is 18.0 Å². The van der Waals surface area contributed by atoms with Crippen LogP contribution in [0, 0.1) is 5.92 Å². The summed E-state index contributed by atoms with van der Waals surface area (Å²) in [6.07, 6.45) is 4.52. The lowest BCUT2D eigenvalue weighted by molar-refractivity contribution is -0.113. The summed E-state index contributed by atoms with van der Waals surface area (Å²) in [5, 5.41) is 0. The summed E-state index contributed by atoms with van der Waals surface area (Å²) in [5.41, 5.74) is 0. The zero-order valence-electron chi connectivity index (χ0n) is 9.02. The average Bonchev–Trinajstić information content (AvgIpc) is 2.50. The number of nitrogens with zero attached hydrogens (tertiary/aromatic N) is 1. The van der Waals surface area contributed by atoms with Crippen LogP contribution < -0.4 is 0 Å². The fourth-order valence-electron chi connectivity index (χ4n) is 2.83. The predicted octanol–water partition coefficient (Wildman–Crippen LogP) is 1.58. The van der Waals surface area contributed by atoms with Gasteiger partial charge in [-0.2, -0.15) is 0 Å². The maximum Gasteiger partial charge on any atom is 0.410 e. The molecule has 2 fully saturated rings. The molecular weight excluding hydrogens is 194 g/mol. The van der Waals surface area contributed by atoms with Gasteiger partial charge in [0.25, 0.3) is 0 Å². The third-order valence-electron chi connectivity index (χ3n) is 3.44. The molecule has 0 radical (unpaired) electrons. The zero-order valence-corrected chi connectivity index (χ0v) is 9.02. The molecule has 0 spiro atoms. The second-order valence-electron chi connectivity index (χ2n) is 4.36. The van der Waals surface area contributed by atoms with Gasteiger partial charge in [-0.25, -0.2) is 4.79 Å². The Morgan fingerprint density at radius 3 is 2.47 bits per heavy atom. The lowest BCUT2D eigenvalue weighted by Crippen LogP contribution is -2.47. The fraction of sp³-hybridized carbons (Fsp3) is 0.818. The van der Waals surface area contributed by atoms with E-state index in [0.29, 0.717) is 6.61 Å². The first kappa shape index (κ1) is 10.5. The Bertz CT molecular complexity index is 253. The van der Waals surface area contributed by atoms with Gasteiger partial charge in [0.05, 0.1) is 6.61 Å². The Balaban J connectivity index is 2.04. The summed E-state index contributed by atoms with van der Waals surface area (Å²) < 4.78 is 5.03. The summed E-state index contributed by atoms with van der Waals surface area (Å²) in [4.78, 5) is 24.3. The molecule has 3 atom stereocenters. The number of ether oxygens (including phenoxy) is 1. The van der Waals surface area contributed by atoms with Crippen LogP contribution in [-0.4, -0.2) is 36.0 Å². The molecule has 1 amide bonds. The first-order valence-electron chi connectivity index (χ1n) is 5.66. The Morgan fingerprint density at radius 2 is 2.00 bits per heavy atom. The number of carbonyl (C=O) groups is 2. The highest BCUT2D eigenvalue weighted by molar-refractivity contribution is 5.69. The van der Waals surface area contributed by atoms with E-state index < -0.39 is 0 Å². The van der Waals surface area contributed by atoms with Gasteiger partial charge in [-0.1, -0.05) is 0 Å². The number of amides is 1. The lowest BCUT2D eigenvalue weighted by Gasteiger charge is -2.36. The number of carbonyl (C=O) groups excluding carboxylic acids is 2. The Hall–Kier alpha value is -1.06. The van der Waals surface area contributed by atoms with Crippen LogP contribution in [0.2, 0.25) is 0 Å². The minimum Gasteiger partial charge on any atom is -0.450 e. The second kappa shape index (κ2) is 4.21. The van der Waals surface area contributed by atoms with Crippen molar-refractivity contribution in [3.63, 3.8) is 0 Å². The first-order chi connectivity index (χ1) is 7.26. The largest absolute Gasteiger partial charge is 0.450 e. The summed E-state index contributed by atoms with van der Waals surface area (Å²) >= 11 is 0. The topological polar surface area (TPSA) is 46.6 Å². The molecule has 2 heterocycles. The molecule has 15 heavy (non-hydrogen) atoms. The first-order valence-corrected chi connectivity index (χ1v) is 5.66. The molecular formula is C11H17NO3. The minimum atomic E-state index is -0.200. The van der Waals surface area contributed by atoms with Crippen molar-refractivity contribution in [3.05, 3.63) is 0 Å². The second-order valence-corrected chi connectivity index (χ2v) is 4.36. The molecule has 0 saturated carbocycles. The van der Waals surface area contributed by atoms with Gasteiger partial charge in [-0.05, 0) is 32.6 Å². The molecule has 0 aliphatic carbocycles. The predicted molar refractivity (Wildman–Crippen MR) is 54.5 cm³/mol. The molecule has 0 N–H and O–H groups in total. The lowest BCUT2D eigenvalue weighted by atomic mass is 9.92. The van der Waals surface area contributed by atoms with Crippen LogP contribution in [0.15, 0.2) is 0 Å². The van der Waals surface area contributed by atoms with E-state index in [2.05, 4.69) is 0 Å². The van der Waals surface area contributed by atoms with Crippen LogP contribution in [-0.2, 0) is 9.53 Å². The molecule has 2 saturated heterocycles. The molecule has 0 aromatic heterocycles. The van der Waals surface area contributed by atoms with Gasteiger partial charge in [0.15, 0.2) is 0 Å². The highest BCUT2D eigenvalue weighted by atomic mass is 16.6. The quantitative estimate of drug-likeness (QED) is 0.651. The maximum absolute atomic E-state index is 11.7. The molecule has 2 aliphatic rings. The molecule has 4 nitrogen and oxygen atoms in total. The van der Waals surface area contributed by atoms with Crippen LogP contribution in [0.5, 0.6) is 0 Å². The van der Waals surface area contributed by atoms with E-state index in [4.69, 9.17) is 4.74 Å². The molecule has 2 bridgehead atoms. The normalized spacial score (nSPS) is 33.9. The van der Waals surface area contributed by atoms with Crippen molar-refractivity contribution in [1.29, 1.82) is 0 Å². The highest BCUT2D eigenvalue weighted by Crippen LogP contribution is 2.38. The van der Waals surface area contributed by atoms with Crippen molar-refractivity contribution >= 4 is 12.4 Å². The Kier molecular flexibility index (Phi) is 2.93. The van der Waals surface area contributed by atoms with E-state index >= 15 is 0 Å². The third kappa shape index (κ3) is 1.85. The molecule has 2 rings (SSSR count). The Morgan fingerprint density at radius 1 is 1.40 bits per heavy atom. The van der Waals surface area contributed by atoms with Gasteiger partial charge in [0.2, 0.25) is 0 Å². The van der Waals surface area contributed by atoms with Crippen molar-refractivity contribution in [3.8, 4) is 0 Å². The van der Waals surface area contributed by atoms with Gasteiger partial charge in [-0.15, -0.1) is 0 Å². The molecule has 1 unspecified atom stereocenters. The van der Waals surface area contributed by atoms with Crippen LogP contribution in [0.1, 0.15) is 32.6 Å². The molecule has 84 valence electrons. The van der Waals surface area contributed by atoms with Crippen molar-refractivity contribution in [2.24, 2.45) is 5.92 Å². The number of rotatable bonds is 2. The van der Waals surface area contributed by atoms with Gasteiger partial charge >= 0.3 is 6.09 Å². The van der Waals surface area contributed by atoms with Crippen molar-refractivity contribution in [2.45, 2.75) is 44.7 Å². The molecule has 2 aliphatic heterocycles. The number of fused-ring (bicyclic) bond motifs is 2. The highest BCUT2D eigenvalue weighted by Gasteiger charge is 2.43. The maximum atomic E-state index is 11.7. The smallest absolute Gasteiger partial charge is 0.410 e. The minimum absolute atomic E-state index is 0.146. The SMILES string of the molecule is CCOC(=O)N1[C@@H]2CC[C@H]1CC(C=O)C2. The van der Waals surface area contributed by atoms with Crippen molar-refractivity contribution in [2.75, 3.05) is 6.61 Å². The van der Waals surface area contributed by atoms with Crippen LogP contribution in [0.25, 0.3) is 0 Å². The third-order valence-corrected chi connectivity index (χ3v) is 3.44. The van der Waals surface area contributed by atoms with Crippen LogP contribution >= 0.6 is 0 Å². The Labute approximate surface area is 89.6 Å². The zero-order chi connectivity index (χ0) is 10.8. The van der Waals surface area contributed by atoms with E-state index in [1.165, 1.54) is 0 Å². The molecule has 0 aromatic rings. The van der Waals surface area contributed by atoms with Crippen LogP contribution in [0.4, 0.5) is 4.79 Å². The van der Waals surface area contributed by atoms with E-state index in [9.17, 15) is 9.59 Å². The van der Waals surface area contributed by atoms with Crippen LogP contribution in [0.3, 0.4) is 0 Å². The standard InChI is InChI=1S/C11H17NO3/c1-2-15-11(14)12-9-3-4-10(12)6-8(5-9)7-13/h7-10H,2-6H2,1H3/t8?,9-,10+. The summed E-state index contributed by atoms with van der Waals surface area (Å²) in [7, 11) is 0. The number of aldehydes is 1. The fourth-order valence-corrected chi connectivity index (χ4v) is 2.83. The monoisotopic (exact) mass is 211 g/mol. The van der Waals surface area contributed by atoms with E-state index in [-0.39, 0.29) is 24.1 Å². The van der Waals surface area contributed by atoms with E-state index in [0.717, 1.165) is 32.0 Å². The van der Waals surface area contributed by atoms with Gasteiger partial charge < -0.3 is 14.4 Å². The molecule has 0 aromatic carbocycles.